The third kappa shape index (κ3) is 3.53. The third-order valence-electron chi connectivity index (χ3n) is 3.04. The van der Waals surface area contributed by atoms with Gasteiger partial charge in [-0.15, -0.1) is 0 Å². The summed E-state index contributed by atoms with van der Waals surface area (Å²) in [5.74, 6) is 0. The molecule has 0 fully saturated rings. The monoisotopic (exact) mass is 356 g/mol. The van der Waals surface area contributed by atoms with Crippen molar-refractivity contribution >= 4 is 44.6 Å². The number of halogens is 1. The van der Waals surface area contributed by atoms with E-state index < -0.39 is 0 Å². The molecule has 0 bridgehead atoms. The molecule has 2 amide bonds. The third-order valence-corrected chi connectivity index (χ3v) is 3.53. The number of H-pyrrole nitrogens is 1. The molecule has 0 spiro atoms. The van der Waals surface area contributed by atoms with Crippen molar-refractivity contribution in [3.05, 3.63) is 64.9 Å². The van der Waals surface area contributed by atoms with Gasteiger partial charge < -0.3 is 10.6 Å². The summed E-state index contributed by atoms with van der Waals surface area (Å²) in [4.78, 5) is 11.8. The van der Waals surface area contributed by atoms with Gasteiger partial charge in [0.25, 0.3) is 0 Å². The maximum absolute atomic E-state index is 11.8. The average molecular weight is 357 g/mol. The number of nitrogens with one attached hydrogen (secondary N) is 3. The van der Waals surface area contributed by atoms with Gasteiger partial charge in [0, 0.05) is 21.7 Å². The minimum atomic E-state index is -0.301. The van der Waals surface area contributed by atoms with Crippen LogP contribution in [0.3, 0.4) is 0 Å². The Balaban J connectivity index is 1.60. The lowest BCUT2D eigenvalue weighted by atomic mass is 10.2. The number of fused-ring (bicyclic) bond motifs is 1. The van der Waals surface area contributed by atoms with Crippen LogP contribution in [0, 0.1) is 0 Å². The van der Waals surface area contributed by atoms with Crippen LogP contribution in [0.2, 0.25) is 0 Å². The molecule has 0 aliphatic rings. The number of hydrogen-bond acceptors (Lipinski definition) is 2. The highest BCUT2D eigenvalue weighted by atomic mass is 79.9. The molecule has 0 unspecified atom stereocenters. The van der Waals surface area contributed by atoms with Crippen LogP contribution in [-0.2, 0) is 0 Å². The molecule has 3 N–H and O–H groups in total. The zero-order valence-electron chi connectivity index (χ0n) is 11.5. The van der Waals surface area contributed by atoms with Crippen LogP contribution in [0.1, 0.15) is 5.56 Å². The van der Waals surface area contributed by atoms with E-state index in [1.54, 1.807) is 12.4 Å². The van der Waals surface area contributed by atoms with Gasteiger partial charge in [-0.1, -0.05) is 28.1 Å². The van der Waals surface area contributed by atoms with E-state index >= 15 is 0 Å². The summed E-state index contributed by atoms with van der Waals surface area (Å²) in [7, 11) is 0. The van der Waals surface area contributed by atoms with E-state index in [-0.39, 0.29) is 6.03 Å². The molecule has 5 nitrogen and oxygen atoms in total. The smallest absolute Gasteiger partial charge is 0.314 e. The second kappa shape index (κ2) is 6.44. The first kappa shape index (κ1) is 14.3. The van der Waals surface area contributed by atoms with Gasteiger partial charge in [-0.2, -0.15) is 5.10 Å². The van der Waals surface area contributed by atoms with E-state index in [9.17, 15) is 4.79 Å². The lowest BCUT2D eigenvalue weighted by Crippen LogP contribution is -2.23. The highest BCUT2D eigenvalue weighted by Crippen LogP contribution is 2.16. The standard InChI is InChI=1S/C16H13BrN4O/c17-13-3-1-2-11(8-13)6-7-18-16(22)20-14-5-4-12-10-19-21-15(12)9-14/h1-10H,(H,19,21)(H2,18,20,22)/b7-6+. The minimum absolute atomic E-state index is 0.301. The maximum Gasteiger partial charge on any atom is 0.323 e. The number of carbonyl (C=O) groups is 1. The van der Waals surface area contributed by atoms with E-state index in [4.69, 9.17) is 0 Å². The van der Waals surface area contributed by atoms with Crippen molar-refractivity contribution in [1.82, 2.24) is 15.5 Å². The zero-order chi connectivity index (χ0) is 15.4. The molecule has 0 saturated carbocycles. The first-order valence-electron chi connectivity index (χ1n) is 6.63. The molecule has 110 valence electrons. The fraction of sp³-hybridized carbons (Fsp3) is 0. The number of aromatic amines is 1. The van der Waals surface area contributed by atoms with Crippen LogP contribution >= 0.6 is 15.9 Å². The van der Waals surface area contributed by atoms with E-state index in [1.807, 2.05) is 48.5 Å². The zero-order valence-corrected chi connectivity index (χ0v) is 13.1. The maximum atomic E-state index is 11.8. The van der Waals surface area contributed by atoms with Crippen LogP contribution in [0.15, 0.2) is 59.3 Å². The summed E-state index contributed by atoms with van der Waals surface area (Å²) in [6, 6.07) is 13.0. The summed E-state index contributed by atoms with van der Waals surface area (Å²) < 4.78 is 0.993. The Morgan fingerprint density at radius 2 is 2.14 bits per heavy atom. The fourth-order valence-electron chi connectivity index (χ4n) is 2.01. The Morgan fingerprint density at radius 1 is 1.23 bits per heavy atom. The summed E-state index contributed by atoms with van der Waals surface area (Å²) in [6.45, 7) is 0. The van der Waals surface area contributed by atoms with Crippen molar-refractivity contribution in [2.45, 2.75) is 0 Å². The van der Waals surface area contributed by atoms with Gasteiger partial charge in [0.2, 0.25) is 0 Å². The Hall–Kier alpha value is -2.60. The molecule has 0 radical (unpaired) electrons. The average Bonchev–Trinajstić information content (AvgIpc) is 2.95. The Bertz CT molecular complexity index is 841. The van der Waals surface area contributed by atoms with Crippen LogP contribution in [0.4, 0.5) is 10.5 Å². The van der Waals surface area contributed by atoms with E-state index in [0.29, 0.717) is 5.69 Å². The normalized spacial score (nSPS) is 11.0. The van der Waals surface area contributed by atoms with Gasteiger partial charge in [0.05, 0.1) is 11.7 Å². The number of aromatic nitrogens is 2. The van der Waals surface area contributed by atoms with Crippen LogP contribution in [-0.4, -0.2) is 16.2 Å². The molecule has 0 aliphatic carbocycles. The molecule has 3 aromatic rings. The second-order valence-corrected chi connectivity index (χ2v) is 5.57. The largest absolute Gasteiger partial charge is 0.323 e. The molecule has 3 rings (SSSR count). The number of benzene rings is 2. The number of hydrogen-bond donors (Lipinski definition) is 3. The van der Waals surface area contributed by atoms with Gasteiger partial charge in [0.15, 0.2) is 0 Å². The molecule has 0 saturated heterocycles. The highest BCUT2D eigenvalue weighted by molar-refractivity contribution is 9.10. The Labute approximate surface area is 135 Å². The van der Waals surface area contributed by atoms with Gasteiger partial charge in [-0.3, -0.25) is 5.10 Å². The first-order chi connectivity index (χ1) is 10.7. The fourth-order valence-corrected chi connectivity index (χ4v) is 2.42. The summed E-state index contributed by atoms with van der Waals surface area (Å²) in [6.07, 6.45) is 5.16. The van der Waals surface area contributed by atoms with Crippen LogP contribution < -0.4 is 10.6 Å². The van der Waals surface area contributed by atoms with Crippen molar-refractivity contribution in [2.24, 2.45) is 0 Å². The van der Waals surface area contributed by atoms with Crippen molar-refractivity contribution < 1.29 is 4.79 Å². The number of anilines is 1. The van der Waals surface area contributed by atoms with E-state index in [0.717, 1.165) is 20.9 Å². The number of carbonyl (C=O) groups excluding carboxylic acids is 1. The van der Waals surface area contributed by atoms with Crippen molar-refractivity contribution in [1.29, 1.82) is 0 Å². The lowest BCUT2D eigenvalue weighted by Gasteiger charge is -2.04. The number of nitrogens with zero attached hydrogens (tertiary/aromatic N) is 1. The second-order valence-electron chi connectivity index (χ2n) is 4.66. The number of rotatable bonds is 3. The molecule has 2 aromatic carbocycles. The summed E-state index contributed by atoms with van der Waals surface area (Å²) in [5.41, 5.74) is 2.57. The predicted molar refractivity (Wildman–Crippen MR) is 91.4 cm³/mol. The van der Waals surface area contributed by atoms with Crippen molar-refractivity contribution in [2.75, 3.05) is 5.32 Å². The van der Waals surface area contributed by atoms with Crippen molar-refractivity contribution in [3.63, 3.8) is 0 Å². The SMILES string of the molecule is O=C(N/C=C/c1cccc(Br)c1)Nc1ccc2cn[nH]c2c1. The van der Waals surface area contributed by atoms with Crippen molar-refractivity contribution in [3.8, 4) is 0 Å². The molecular formula is C16H13BrN4O. The molecule has 1 heterocycles. The molecular weight excluding hydrogens is 344 g/mol. The van der Waals surface area contributed by atoms with Crippen LogP contribution in [0.25, 0.3) is 17.0 Å². The summed E-state index contributed by atoms with van der Waals surface area (Å²) >= 11 is 3.40. The Morgan fingerprint density at radius 3 is 3.00 bits per heavy atom. The number of amides is 2. The predicted octanol–water partition coefficient (Wildman–Crippen LogP) is 4.12. The lowest BCUT2D eigenvalue weighted by molar-refractivity contribution is 0.255. The Kier molecular flexibility index (Phi) is 4.20. The highest BCUT2D eigenvalue weighted by Gasteiger charge is 2.01. The summed E-state index contributed by atoms with van der Waals surface area (Å²) in [5, 5.41) is 13.2. The molecule has 0 atom stereocenters. The molecule has 6 heteroatoms. The first-order valence-corrected chi connectivity index (χ1v) is 7.43. The van der Waals surface area contributed by atoms with E-state index in [2.05, 4.69) is 36.8 Å². The van der Waals surface area contributed by atoms with Gasteiger partial charge in [-0.25, -0.2) is 4.79 Å². The van der Waals surface area contributed by atoms with Gasteiger partial charge in [0.1, 0.15) is 0 Å². The molecule has 1 aromatic heterocycles. The van der Waals surface area contributed by atoms with E-state index in [1.165, 1.54) is 0 Å². The van der Waals surface area contributed by atoms with Crippen LogP contribution in [0.5, 0.6) is 0 Å². The topological polar surface area (TPSA) is 69.8 Å². The number of urea groups is 1. The quantitative estimate of drug-likeness (QED) is 0.660. The molecule has 22 heavy (non-hydrogen) atoms. The van der Waals surface area contributed by atoms with Gasteiger partial charge >= 0.3 is 6.03 Å². The molecule has 0 aliphatic heterocycles. The van der Waals surface area contributed by atoms with Gasteiger partial charge in [-0.05, 0) is 42.0 Å². The minimum Gasteiger partial charge on any atom is -0.314 e.